The average molecular weight is 307 g/mol. The number of nitrogens with zero attached hydrogens (tertiary/aromatic N) is 1. The lowest BCUT2D eigenvalue weighted by Gasteiger charge is -2.31. The van der Waals surface area contributed by atoms with Gasteiger partial charge in [-0.3, -0.25) is 4.79 Å². The maximum atomic E-state index is 12.2. The maximum absolute atomic E-state index is 12.2. The van der Waals surface area contributed by atoms with E-state index in [0.717, 1.165) is 36.6 Å². The lowest BCUT2D eigenvalue weighted by atomic mass is 9.82. The Hall–Kier alpha value is -1.34. The zero-order chi connectivity index (χ0) is 13.0. The molecule has 3 nitrogen and oxygen atoms in total. The molecule has 0 atom stereocenters. The zero-order valence-electron chi connectivity index (χ0n) is 10.1. The number of amides is 1. The van der Waals surface area contributed by atoms with E-state index in [2.05, 4.69) is 27.3 Å². The highest BCUT2D eigenvalue weighted by Gasteiger charge is 2.34. The quantitative estimate of drug-likeness (QED) is 0.910. The summed E-state index contributed by atoms with van der Waals surface area (Å²) in [5, 5.41) is 12.2. The van der Waals surface area contributed by atoms with Crippen molar-refractivity contribution in [1.29, 1.82) is 5.26 Å². The van der Waals surface area contributed by atoms with Crippen LogP contribution in [0.3, 0.4) is 0 Å². The molecule has 1 fully saturated rings. The average Bonchev–Trinajstić information content (AvgIpc) is 2.40. The Morgan fingerprint density at radius 2 is 1.94 bits per heavy atom. The van der Waals surface area contributed by atoms with Crippen molar-refractivity contribution in [2.45, 2.75) is 37.6 Å². The molecule has 0 radical (unpaired) electrons. The van der Waals surface area contributed by atoms with Gasteiger partial charge in [0, 0.05) is 4.47 Å². The van der Waals surface area contributed by atoms with E-state index in [-0.39, 0.29) is 5.91 Å². The van der Waals surface area contributed by atoms with Gasteiger partial charge in [-0.05, 0) is 40.9 Å². The summed E-state index contributed by atoms with van der Waals surface area (Å²) < 4.78 is 0.756. The number of hydrogen-bond acceptors (Lipinski definition) is 2. The number of carbonyl (C=O) groups is 1. The summed E-state index contributed by atoms with van der Waals surface area (Å²) in [6.07, 6.45) is 4.65. The summed E-state index contributed by atoms with van der Waals surface area (Å²) in [5.41, 5.74) is -0.0948. The number of rotatable bonds is 2. The molecule has 0 bridgehead atoms. The molecule has 1 aromatic carbocycles. The minimum absolute atomic E-state index is 0.175. The van der Waals surface area contributed by atoms with Crippen LogP contribution in [0.2, 0.25) is 0 Å². The van der Waals surface area contributed by atoms with E-state index in [1.54, 1.807) is 6.07 Å². The van der Waals surface area contributed by atoms with Gasteiger partial charge in [-0.1, -0.05) is 31.4 Å². The molecule has 2 rings (SSSR count). The van der Waals surface area contributed by atoms with Crippen LogP contribution in [-0.4, -0.2) is 11.4 Å². The van der Waals surface area contributed by atoms with Crippen LogP contribution in [0.15, 0.2) is 28.7 Å². The summed E-state index contributed by atoms with van der Waals surface area (Å²) in [7, 11) is 0. The van der Waals surface area contributed by atoms with Gasteiger partial charge in [-0.2, -0.15) is 5.26 Å². The summed E-state index contributed by atoms with van der Waals surface area (Å²) >= 11 is 3.36. The third-order valence-electron chi connectivity index (χ3n) is 3.39. The first kappa shape index (κ1) is 13.1. The van der Waals surface area contributed by atoms with Crippen LogP contribution in [0, 0.1) is 11.3 Å². The minimum atomic E-state index is -0.676. The predicted octanol–water partition coefficient (Wildman–Crippen LogP) is 3.41. The van der Waals surface area contributed by atoms with E-state index in [1.165, 1.54) is 0 Å². The molecule has 1 aliphatic rings. The van der Waals surface area contributed by atoms with Gasteiger partial charge in [0.25, 0.3) is 5.91 Å². The third kappa shape index (κ3) is 2.73. The van der Waals surface area contributed by atoms with Gasteiger partial charge in [0.2, 0.25) is 0 Å². The molecule has 1 aromatic rings. The number of hydrogen-bond donors (Lipinski definition) is 1. The number of carbonyl (C=O) groups excluding carboxylic acids is 1. The molecule has 4 heteroatoms. The molecule has 0 saturated heterocycles. The first-order valence-corrected chi connectivity index (χ1v) is 6.94. The van der Waals surface area contributed by atoms with Crippen LogP contribution in [0.4, 0.5) is 0 Å². The molecule has 0 aromatic heterocycles. The van der Waals surface area contributed by atoms with Gasteiger partial charge in [-0.25, -0.2) is 0 Å². The largest absolute Gasteiger partial charge is 0.334 e. The highest BCUT2D eigenvalue weighted by atomic mass is 79.9. The molecule has 0 unspecified atom stereocenters. The van der Waals surface area contributed by atoms with Crippen LogP contribution in [-0.2, 0) is 0 Å². The normalized spacial score (nSPS) is 17.8. The predicted molar refractivity (Wildman–Crippen MR) is 73.0 cm³/mol. The van der Waals surface area contributed by atoms with E-state index in [1.807, 2.05) is 18.2 Å². The Bertz CT molecular complexity index is 487. The first-order chi connectivity index (χ1) is 8.67. The Kier molecular flexibility index (Phi) is 4.03. The van der Waals surface area contributed by atoms with Crippen molar-refractivity contribution in [2.24, 2.45) is 0 Å². The monoisotopic (exact) mass is 306 g/mol. The van der Waals surface area contributed by atoms with Crippen molar-refractivity contribution in [3.8, 4) is 6.07 Å². The Morgan fingerprint density at radius 3 is 2.56 bits per heavy atom. The van der Waals surface area contributed by atoms with Crippen molar-refractivity contribution in [3.63, 3.8) is 0 Å². The van der Waals surface area contributed by atoms with E-state index in [0.29, 0.717) is 5.56 Å². The maximum Gasteiger partial charge on any atom is 0.253 e. The van der Waals surface area contributed by atoms with Gasteiger partial charge < -0.3 is 5.32 Å². The van der Waals surface area contributed by atoms with Crippen LogP contribution in [0.1, 0.15) is 42.5 Å². The molecular weight excluding hydrogens is 292 g/mol. The zero-order valence-corrected chi connectivity index (χ0v) is 11.7. The Balaban J connectivity index is 2.16. The van der Waals surface area contributed by atoms with Crippen molar-refractivity contribution in [1.82, 2.24) is 5.32 Å². The second-order valence-corrected chi connectivity index (χ2v) is 5.54. The van der Waals surface area contributed by atoms with Crippen LogP contribution in [0.25, 0.3) is 0 Å². The molecule has 94 valence electrons. The second-order valence-electron chi connectivity index (χ2n) is 4.69. The molecule has 0 aliphatic heterocycles. The summed E-state index contributed by atoms with van der Waals surface area (Å²) in [6, 6.07) is 9.56. The fraction of sp³-hybridized carbons (Fsp3) is 0.429. The molecule has 0 heterocycles. The minimum Gasteiger partial charge on any atom is -0.334 e. The van der Waals surface area contributed by atoms with Crippen molar-refractivity contribution in [2.75, 3.05) is 0 Å². The molecule has 1 saturated carbocycles. The molecule has 1 amide bonds. The Morgan fingerprint density at radius 1 is 1.28 bits per heavy atom. The van der Waals surface area contributed by atoms with Gasteiger partial charge in [0.05, 0.1) is 11.6 Å². The summed E-state index contributed by atoms with van der Waals surface area (Å²) in [6.45, 7) is 0. The molecule has 1 N–H and O–H groups in total. The summed E-state index contributed by atoms with van der Waals surface area (Å²) in [5.74, 6) is -0.175. The number of halogens is 1. The first-order valence-electron chi connectivity index (χ1n) is 6.15. The van der Waals surface area contributed by atoms with Crippen LogP contribution >= 0.6 is 15.9 Å². The lowest BCUT2D eigenvalue weighted by Crippen LogP contribution is -2.48. The highest BCUT2D eigenvalue weighted by Crippen LogP contribution is 2.28. The molecule has 1 aliphatic carbocycles. The second kappa shape index (κ2) is 5.53. The van der Waals surface area contributed by atoms with Crippen molar-refractivity contribution < 1.29 is 4.79 Å². The van der Waals surface area contributed by atoms with Crippen molar-refractivity contribution in [3.05, 3.63) is 34.3 Å². The molecule has 18 heavy (non-hydrogen) atoms. The van der Waals surface area contributed by atoms with E-state index in [4.69, 9.17) is 0 Å². The van der Waals surface area contributed by atoms with E-state index >= 15 is 0 Å². The van der Waals surface area contributed by atoms with Gasteiger partial charge >= 0.3 is 0 Å². The van der Waals surface area contributed by atoms with Crippen LogP contribution < -0.4 is 5.32 Å². The standard InChI is InChI=1S/C14H15BrN2O/c15-12-7-3-2-6-11(12)13(18)17-14(10-16)8-4-1-5-9-14/h2-3,6-7H,1,4-5,8-9H2,(H,17,18). The number of nitriles is 1. The topological polar surface area (TPSA) is 52.9 Å². The summed E-state index contributed by atoms with van der Waals surface area (Å²) in [4.78, 5) is 12.2. The van der Waals surface area contributed by atoms with Crippen LogP contribution in [0.5, 0.6) is 0 Å². The number of benzene rings is 1. The molecule has 0 spiro atoms. The smallest absolute Gasteiger partial charge is 0.253 e. The fourth-order valence-corrected chi connectivity index (χ4v) is 2.81. The number of nitrogens with one attached hydrogen (secondary N) is 1. The van der Waals surface area contributed by atoms with Gasteiger partial charge in [0.15, 0.2) is 0 Å². The van der Waals surface area contributed by atoms with E-state index in [9.17, 15) is 10.1 Å². The van der Waals surface area contributed by atoms with Crippen molar-refractivity contribution >= 4 is 21.8 Å². The van der Waals surface area contributed by atoms with Gasteiger partial charge in [0.1, 0.15) is 5.54 Å². The molecular formula is C14H15BrN2O. The van der Waals surface area contributed by atoms with Gasteiger partial charge in [-0.15, -0.1) is 0 Å². The highest BCUT2D eigenvalue weighted by molar-refractivity contribution is 9.10. The fourth-order valence-electron chi connectivity index (χ4n) is 2.35. The Labute approximate surface area is 115 Å². The SMILES string of the molecule is N#CC1(NC(=O)c2ccccc2Br)CCCCC1. The third-order valence-corrected chi connectivity index (χ3v) is 4.08. The van der Waals surface area contributed by atoms with E-state index < -0.39 is 5.54 Å². The lowest BCUT2D eigenvalue weighted by molar-refractivity contribution is 0.0902.